The molecule has 1 fully saturated rings. The number of aromatic nitrogens is 4. The fourth-order valence-electron chi connectivity index (χ4n) is 4.24. The highest BCUT2D eigenvalue weighted by molar-refractivity contribution is 5.96. The highest BCUT2D eigenvalue weighted by atomic mass is 16.5. The van der Waals surface area contributed by atoms with Crippen molar-refractivity contribution in [1.82, 2.24) is 14.7 Å². The summed E-state index contributed by atoms with van der Waals surface area (Å²) in [5.74, 6) is 0.744. The number of fused-ring (bicyclic) bond motifs is 1. The summed E-state index contributed by atoms with van der Waals surface area (Å²) >= 11 is 0. The van der Waals surface area contributed by atoms with E-state index in [1.165, 1.54) is 4.52 Å². The molecule has 1 aromatic carbocycles. The number of ether oxygens (including phenoxy) is 1. The van der Waals surface area contributed by atoms with Crippen LogP contribution >= 0.6 is 0 Å². The zero-order chi connectivity index (χ0) is 24.5. The summed E-state index contributed by atoms with van der Waals surface area (Å²) < 4.78 is 8.57. The largest absolute Gasteiger partial charge is 0.378 e. The van der Waals surface area contributed by atoms with Crippen molar-refractivity contribution in [2.45, 2.75) is 46.6 Å². The van der Waals surface area contributed by atoms with Crippen molar-refractivity contribution >= 4 is 22.9 Å². The molecule has 0 radical (unpaired) electrons. The Labute approximate surface area is 200 Å². The maximum absolute atomic E-state index is 13.4. The molecule has 0 atom stereocenters. The van der Waals surface area contributed by atoms with Gasteiger partial charge in [-0.05, 0) is 49.1 Å². The Morgan fingerprint density at radius 3 is 2.53 bits per heavy atom. The molecule has 0 saturated carbocycles. The van der Waals surface area contributed by atoms with Crippen molar-refractivity contribution in [3.63, 3.8) is 0 Å². The number of carbonyl (C=O) groups is 1. The molecule has 1 aliphatic heterocycles. The standard InChI is InChI=1S/C25H35N7O2/c1-6-29(7-2)22-8-9-23-31(28-24(26)32(23)27-22)17-21(33)18-14-19(25(3,4)5)16-20(15-18)30-10-12-34-13-11-30/h8-9,14-16,26H,6-7,10-13,17H2,1-5H3. The average Bonchev–Trinajstić information content (AvgIpc) is 3.14. The lowest BCUT2D eigenvalue weighted by atomic mass is 9.85. The zero-order valence-corrected chi connectivity index (χ0v) is 20.8. The lowest BCUT2D eigenvalue weighted by Gasteiger charge is -2.31. The fraction of sp³-hybridized carbons (Fsp3) is 0.520. The number of carbonyl (C=O) groups excluding carboxylic acids is 1. The first-order valence-electron chi connectivity index (χ1n) is 12.0. The maximum Gasteiger partial charge on any atom is 0.317 e. The first-order valence-corrected chi connectivity index (χ1v) is 12.0. The molecule has 0 aliphatic carbocycles. The summed E-state index contributed by atoms with van der Waals surface area (Å²) in [6.45, 7) is 15.3. The number of nitrogens with zero attached hydrogens (tertiary/aromatic N) is 6. The molecule has 0 amide bonds. The number of rotatable bonds is 7. The number of Topliss-reactive ketones (excluding diaryl/α,β-unsaturated/α-hetero) is 1. The van der Waals surface area contributed by atoms with Crippen molar-refractivity contribution in [3.05, 3.63) is 47.1 Å². The molecule has 3 heterocycles. The van der Waals surface area contributed by atoms with Crippen molar-refractivity contribution in [2.75, 3.05) is 49.2 Å². The van der Waals surface area contributed by atoms with Crippen LogP contribution in [0.1, 0.15) is 50.5 Å². The minimum absolute atomic E-state index is 0.00857. The molecule has 182 valence electrons. The van der Waals surface area contributed by atoms with Gasteiger partial charge in [0.05, 0.1) is 13.2 Å². The molecule has 0 bridgehead atoms. The Morgan fingerprint density at radius 2 is 1.88 bits per heavy atom. The minimum atomic E-state index is -0.0926. The Balaban J connectivity index is 1.67. The summed E-state index contributed by atoms with van der Waals surface area (Å²) in [5, 5.41) is 17.2. The third-order valence-electron chi connectivity index (χ3n) is 6.34. The van der Waals surface area contributed by atoms with Crippen molar-refractivity contribution in [2.24, 2.45) is 0 Å². The number of benzene rings is 1. The van der Waals surface area contributed by atoms with Gasteiger partial charge in [0.15, 0.2) is 12.4 Å². The second-order valence-electron chi connectivity index (χ2n) is 9.66. The maximum atomic E-state index is 13.4. The van der Waals surface area contributed by atoms with Crippen LogP contribution in [0.5, 0.6) is 0 Å². The number of hydrogen-bond donors (Lipinski definition) is 1. The van der Waals surface area contributed by atoms with Gasteiger partial charge in [-0.3, -0.25) is 4.79 Å². The van der Waals surface area contributed by atoms with Gasteiger partial charge in [-0.2, -0.15) is 9.78 Å². The number of morpholine rings is 1. The van der Waals surface area contributed by atoms with Gasteiger partial charge >= 0.3 is 5.65 Å². The van der Waals surface area contributed by atoms with Gasteiger partial charge in [-0.15, -0.1) is 0 Å². The smallest absolute Gasteiger partial charge is 0.317 e. The Morgan fingerprint density at radius 1 is 1.18 bits per heavy atom. The van der Waals surface area contributed by atoms with E-state index in [0.29, 0.717) is 24.4 Å². The molecular weight excluding hydrogens is 430 g/mol. The van der Waals surface area contributed by atoms with E-state index in [4.69, 9.17) is 10.1 Å². The topological polar surface area (TPSA) is 91.9 Å². The van der Waals surface area contributed by atoms with E-state index in [0.717, 1.165) is 43.2 Å². The summed E-state index contributed by atoms with van der Waals surface area (Å²) in [6, 6.07) is 9.94. The van der Waals surface area contributed by atoms with E-state index in [2.05, 4.69) is 60.7 Å². The van der Waals surface area contributed by atoms with Gasteiger partial charge in [0, 0.05) is 43.5 Å². The normalized spacial score (nSPS) is 14.6. The van der Waals surface area contributed by atoms with Gasteiger partial charge in [-0.25, -0.2) is 0 Å². The lowest BCUT2D eigenvalue weighted by molar-refractivity contribution is -0.721. The molecule has 2 aromatic heterocycles. The molecule has 4 rings (SSSR count). The van der Waals surface area contributed by atoms with Crippen LogP contribution in [0.15, 0.2) is 30.3 Å². The first-order chi connectivity index (χ1) is 16.2. The molecule has 1 aliphatic rings. The van der Waals surface area contributed by atoms with Crippen molar-refractivity contribution in [3.8, 4) is 0 Å². The van der Waals surface area contributed by atoms with Gasteiger partial charge in [0.1, 0.15) is 0 Å². The van der Waals surface area contributed by atoms with Crippen molar-refractivity contribution < 1.29 is 14.2 Å². The van der Waals surface area contributed by atoms with Crippen LogP contribution in [0.4, 0.5) is 11.5 Å². The molecule has 1 saturated heterocycles. The Kier molecular flexibility index (Phi) is 6.74. The van der Waals surface area contributed by atoms with Crippen LogP contribution in [0.3, 0.4) is 0 Å². The third-order valence-corrected chi connectivity index (χ3v) is 6.34. The molecule has 0 unspecified atom stereocenters. The van der Waals surface area contributed by atoms with Gasteiger partial charge < -0.3 is 19.9 Å². The Hall–Kier alpha value is -3.20. The molecule has 9 nitrogen and oxygen atoms in total. The molecule has 1 N–H and O–H groups in total. The summed E-state index contributed by atoms with van der Waals surface area (Å²) in [5.41, 5.74) is 3.35. The minimum Gasteiger partial charge on any atom is -0.378 e. The molecule has 9 heteroatoms. The predicted octanol–water partition coefficient (Wildman–Crippen LogP) is 1.92. The first kappa shape index (κ1) is 23.9. The number of anilines is 2. The second-order valence-corrected chi connectivity index (χ2v) is 9.66. The van der Waals surface area contributed by atoms with Crippen LogP contribution < -0.4 is 25.2 Å². The SMILES string of the molecule is CCN(CC)c1ccc2n(n1)c(=N)[n-][n+]2CC(=O)c1cc(N2CCOCC2)cc(C(C)(C)C)c1. The van der Waals surface area contributed by atoms with Crippen LogP contribution in [-0.4, -0.2) is 54.8 Å². The molecule has 34 heavy (non-hydrogen) atoms. The second kappa shape index (κ2) is 9.58. The van der Waals surface area contributed by atoms with Crippen molar-refractivity contribution in [1.29, 1.82) is 5.41 Å². The quantitative estimate of drug-likeness (QED) is 0.423. The average molecular weight is 466 g/mol. The van der Waals surface area contributed by atoms with E-state index < -0.39 is 0 Å². The molecular formula is C25H35N7O2. The zero-order valence-electron chi connectivity index (χ0n) is 20.8. The number of nitrogens with one attached hydrogen (secondary N) is 1. The van der Waals surface area contributed by atoms with Gasteiger partial charge in [0.25, 0.3) is 0 Å². The number of ketones is 1. The molecule has 0 spiro atoms. The summed E-state index contributed by atoms with van der Waals surface area (Å²) in [7, 11) is 0. The highest BCUT2D eigenvalue weighted by Gasteiger charge is 2.23. The van der Waals surface area contributed by atoms with Crippen LogP contribution in [-0.2, 0) is 16.7 Å². The van der Waals surface area contributed by atoms with E-state index in [1.54, 1.807) is 4.68 Å². The van der Waals surface area contributed by atoms with E-state index in [9.17, 15) is 4.79 Å². The lowest BCUT2D eigenvalue weighted by Crippen LogP contribution is -2.43. The predicted molar refractivity (Wildman–Crippen MR) is 131 cm³/mol. The number of hydrogen-bond acceptors (Lipinski definition) is 6. The monoisotopic (exact) mass is 465 g/mol. The van der Waals surface area contributed by atoms with Gasteiger partial charge in [-0.1, -0.05) is 30.4 Å². The van der Waals surface area contributed by atoms with Crippen LogP contribution in [0.2, 0.25) is 0 Å². The van der Waals surface area contributed by atoms with E-state index in [-0.39, 0.29) is 23.4 Å². The van der Waals surface area contributed by atoms with Gasteiger partial charge in [0.2, 0.25) is 11.4 Å². The van der Waals surface area contributed by atoms with E-state index in [1.807, 2.05) is 24.3 Å². The van der Waals surface area contributed by atoms with E-state index >= 15 is 0 Å². The summed E-state index contributed by atoms with van der Waals surface area (Å²) in [4.78, 5) is 17.8. The summed E-state index contributed by atoms with van der Waals surface area (Å²) in [6.07, 6.45) is 0. The Bertz CT molecular complexity index is 1230. The fourth-order valence-corrected chi connectivity index (χ4v) is 4.24. The van der Waals surface area contributed by atoms with Crippen LogP contribution in [0, 0.1) is 5.41 Å². The highest BCUT2D eigenvalue weighted by Crippen LogP contribution is 2.29. The van der Waals surface area contributed by atoms with Crippen LogP contribution in [0.25, 0.3) is 5.65 Å². The molecule has 3 aromatic rings. The third kappa shape index (κ3) is 4.84.